The van der Waals surface area contributed by atoms with E-state index in [1.54, 1.807) is 4.68 Å². The Balaban J connectivity index is 3.19. The molecule has 0 atom stereocenters. The summed E-state index contributed by atoms with van der Waals surface area (Å²) in [5, 5.41) is 5.24. The zero-order chi connectivity index (χ0) is 8.59. The van der Waals surface area contributed by atoms with Crippen LogP contribution in [0.15, 0.2) is 0 Å². The Morgan fingerprint density at radius 3 is 2.09 bits per heavy atom. The lowest BCUT2D eigenvalue weighted by molar-refractivity contribution is 0.530. The maximum absolute atomic E-state index is 5.88. The molecule has 0 unspecified atom stereocenters. The molecule has 0 aliphatic rings. The van der Waals surface area contributed by atoms with E-state index in [1.807, 2.05) is 20.8 Å². The summed E-state index contributed by atoms with van der Waals surface area (Å²) >= 11 is 11.7. The van der Waals surface area contributed by atoms with Crippen LogP contribution in [0.5, 0.6) is 0 Å². The van der Waals surface area contributed by atoms with E-state index in [2.05, 4.69) is 5.10 Å². The Morgan fingerprint density at radius 1 is 1.36 bits per heavy atom. The van der Waals surface area contributed by atoms with Gasteiger partial charge in [-0.2, -0.15) is 5.10 Å². The highest BCUT2D eigenvalue weighted by Gasteiger charge is 2.12. The minimum Gasteiger partial charge on any atom is -0.250 e. The van der Waals surface area contributed by atoms with Crippen LogP contribution in [-0.2, 0) is 0 Å². The summed E-state index contributed by atoms with van der Waals surface area (Å²) in [6.45, 7) is 5.86. The smallest absolute Gasteiger partial charge is 0.146 e. The standard InChI is InChI=1S/C7H10Cl2N2/c1-4(2)11-7(9)6(8)5(3)10-11/h4H,1-3H3. The molecule has 62 valence electrons. The summed E-state index contributed by atoms with van der Waals surface area (Å²) in [6, 6.07) is 0.258. The van der Waals surface area contributed by atoms with Crippen LogP contribution < -0.4 is 0 Å². The normalized spacial score (nSPS) is 11.1. The molecule has 0 fully saturated rings. The third kappa shape index (κ3) is 1.52. The van der Waals surface area contributed by atoms with Crippen LogP contribution >= 0.6 is 23.2 Å². The van der Waals surface area contributed by atoms with Crippen LogP contribution in [0.2, 0.25) is 10.2 Å². The van der Waals surface area contributed by atoms with Crippen molar-refractivity contribution in [2.75, 3.05) is 0 Å². The molecule has 0 saturated carbocycles. The maximum Gasteiger partial charge on any atom is 0.146 e. The zero-order valence-corrected chi connectivity index (χ0v) is 8.24. The first-order chi connectivity index (χ1) is 5.04. The van der Waals surface area contributed by atoms with Crippen molar-refractivity contribution in [3.63, 3.8) is 0 Å². The molecule has 1 rings (SSSR count). The highest BCUT2D eigenvalue weighted by Crippen LogP contribution is 2.27. The number of rotatable bonds is 1. The van der Waals surface area contributed by atoms with Gasteiger partial charge in [-0.1, -0.05) is 23.2 Å². The van der Waals surface area contributed by atoms with E-state index < -0.39 is 0 Å². The lowest BCUT2D eigenvalue weighted by atomic mass is 10.4. The summed E-state index contributed by atoms with van der Waals surface area (Å²) in [5.41, 5.74) is 0.783. The van der Waals surface area contributed by atoms with Crippen LogP contribution in [0.3, 0.4) is 0 Å². The monoisotopic (exact) mass is 192 g/mol. The number of halogens is 2. The van der Waals surface area contributed by atoms with E-state index >= 15 is 0 Å². The van der Waals surface area contributed by atoms with Gasteiger partial charge in [0.25, 0.3) is 0 Å². The van der Waals surface area contributed by atoms with Crippen molar-refractivity contribution in [3.05, 3.63) is 15.9 Å². The largest absolute Gasteiger partial charge is 0.250 e. The van der Waals surface area contributed by atoms with Crippen LogP contribution in [-0.4, -0.2) is 9.78 Å². The predicted octanol–water partition coefficient (Wildman–Crippen LogP) is 3.08. The SMILES string of the molecule is Cc1nn(C(C)C)c(Cl)c1Cl. The summed E-state index contributed by atoms with van der Waals surface area (Å²) in [5.74, 6) is 0. The van der Waals surface area contributed by atoms with E-state index in [0.717, 1.165) is 5.69 Å². The van der Waals surface area contributed by atoms with Crippen LogP contribution in [0.1, 0.15) is 25.6 Å². The number of hydrogen-bond acceptors (Lipinski definition) is 1. The Bertz CT molecular complexity index is 266. The number of aryl methyl sites for hydroxylation is 1. The molecule has 2 nitrogen and oxygen atoms in total. The molecule has 0 amide bonds. The molecule has 0 aliphatic carbocycles. The number of nitrogens with zero attached hydrogens (tertiary/aromatic N) is 2. The molecule has 0 aromatic carbocycles. The van der Waals surface area contributed by atoms with Crippen molar-refractivity contribution in [3.8, 4) is 0 Å². The lowest BCUT2D eigenvalue weighted by Crippen LogP contribution is -2.02. The van der Waals surface area contributed by atoms with E-state index in [0.29, 0.717) is 10.2 Å². The minimum absolute atomic E-state index is 0.258. The van der Waals surface area contributed by atoms with Crippen molar-refractivity contribution in [2.24, 2.45) is 0 Å². The van der Waals surface area contributed by atoms with Gasteiger partial charge in [-0.15, -0.1) is 0 Å². The molecular weight excluding hydrogens is 183 g/mol. The highest BCUT2D eigenvalue weighted by atomic mass is 35.5. The summed E-state index contributed by atoms with van der Waals surface area (Å²) in [4.78, 5) is 0. The molecule has 0 saturated heterocycles. The summed E-state index contributed by atoms with van der Waals surface area (Å²) < 4.78 is 1.71. The maximum atomic E-state index is 5.88. The molecule has 1 aromatic heterocycles. The zero-order valence-electron chi connectivity index (χ0n) is 6.73. The first kappa shape index (κ1) is 8.88. The fourth-order valence-corrected chi connectivity index (χ4v) is 1.34. The van der Waals surface area contributed by atoms with Gasteiger partial charge in [0.05, 0.1) is 5.69 Å². The molecule has 0 N–H and O–H groups in total. The number of hydrogen-bond donors (Lipinski definition) is 0. The van der Waals surface area contributed by atoms with E-state index in [9.17, 15) is 0 Å². The molecular formula is C7H10Cl2N2. The van der Waals surface area contributed by atoms with Gasteiger partial charge < -0.3 is 0 Å². The van der Waals surface area contributed by atoms with Gasteiger partial charge in [0.1, 0.15) is 10.2 Å². The molecule has 4 heteroatoms. The van der Waals surface area contributed by atoms with Crippen molar-refractivity contribution in [1.82, 2.24) is 9.78 Å². The Labute approximate surface area is 76.1 Å². The average Bonchev–Trinajstić information content (AvgIpc) is 2.17. The fourth-order valence-electron chi connectivity index (χ4n) is 0.841. The van der Waals surface area contributed by atoms with Crippen LogP contribution in [0.4, 0.5) is 0 Å². The van der Waals surface area contributed by atoms with Gasteiger partial charge in [0.2, 0.25) is 0 Å². The predicted molar refractivity (Wildman–Crippen MR) is 47.4 cm³/mol. The van der Waals surface area contributed by atoms with E-state index in [4.69, 9.17) is 23.2 Å². The second kappa shape index (κ2) is 3.03. The summed E-state index contributed by atoms with van der Waals surface area (Å²) in [7, 11) is 0. The molecule has 1 aromatic rings. The third-order valence-electron chi connectivity index (χ3n) is 1.45. The quantitative estimate of drug-likeness (QED) is 0.670. The molecule has 0 aliphatic heterocycles. The van der Waals surface area contributed by atoms with Crippen LogP contribution in [0.25, 0.3) is 0 Å². The van der Waals surface area contributed by atoms with Gasteiger partial charge in [-0.3, -0.25) is 0 Å². The molecule has 0 spiro atoms. The lowest BCUT2D eigenvalue weighted by Gasteiger charge is -2.05. The molecule has 0 bridgehead atoms. The average molecular weight is 193 g/mol. The van der Waals surface area contributed by atoms with Gasteiger partial charge >= 0.3 is 0 Å². The first-order valence-electron chi connectivity index (χ1n) is 3.44. The van der Waals surface area contributed by atoms with Crippen molar-refractivity contribution < 1.29 is 0 Å². The second-order valence-electron chi connectivity index (χ2n) is 2.73. The van der Waals surface area contributed by atoms with Gasteiger partial charge in [-0.05, 0) is 20.8 Å². The fraction of sp³-hybridized carbons (Fsp3) is 0.571. The highest BCUT2D eigenvalue weighted by molar-refractivity contribution is 6.41. The molecule has 0 radical (unpaired) electrons. The van der Waals surface area contributed by atoms with E-state index in [-0.39, 0.29) is 6.04 Å². The Morgan fingerprint density at radius 2 is 1.91 bits per heavy atom. The van der Waals surface area contributed by atoms with Crippen LogP contribution in [0, 0.1) is 6.92 Å². The number of aromatic nitrogens is 2. The van der Waals surface area contributed by atoms with Crippen molar-refractivity contribution in [2.45, 2.75) is 26.8 Å². The van der Waals surface area contributed by atoms with E-state index in [1.165, 1.54) is 0 Å². The Hall–Kier alpha value is -0.210. The van der Waals surface area contributed by atoms with Gasteiger partial charge in [0, 0.05) is 6.04 Å². The third-order valence-corrected chi connectivity index (χ3v) is 2.36. The van der Waals surface area contributed by atoms with Crippen molar-refractivity contribution >= 4 is 23.2 Å². The molecule has 11 heavy (non-hydrogen) atoms. The van der Waals surface area contributed by atoms with Gasteiger partial charge in [-0.25, -0.2) is 4.68 Å². The summed E-state index contributed by atoms with van der Waals surface area (Å²) in [6.07, 6.45) is 0. The topological polar surface area (TPSA) is 17.8 Å². The van der Waals surface area contributed by atoms with Gasteiger partial charge in [0.15, 0.2) is 0 Å². The first-order valence-corrected chi connectivity index (χ1v) is 4.19. The van der Waals surface area contributed by atoms with Crippen molar-refractivity contribution in [1.29, 1.82) is 0 Å². The second-order valence-corrected chi connectivity index (χ2v) is 3.46. The molecule has 1 heterocycles. The minimum atomic E-state index is 0.258. The Kier molecular flexibility index (Phi) is 2.45.